The number of carboxylic acids is 1. The number of fused-ring (bicyclic) bond motifs is 3. The van der Waals surface area contributed by atoms with Gasteiger partial charge in [0.15, 0.2) is 6.29 Å². The summed E-state index contributed by atoms with van der Waals surface area (Å²) in [6.45, 7) is 23.7. The van der Waals surface area contributed by atoms with Crippen molar-refractivity contribution in [3.8, 4) is 0 Å². The quantitative estimate of drug-likeness (QED) is 0.152. The second kappa shape index (κ2) is 12.7. The molecule has 1 heterocycles. The van der Waals surface area contributed by atoms with Crippen molar-refractivity contribution in [3.63, 3.8) is 0 Å². The monoisotopic (exact) mass is 620 g/mol. The van der Waals surface area contributed by atoms with E-state index in [4.69, 9.17) is 9.47 Å². The lowest BCUT2D eigenvalue weighted by Crippen LogP contribution is -2.65. The van der Waals surface area contributed by atoms with Crippen LogP contribution in [0.1, 0.15) is 106 Å². The molecule has 0 aromatic rings. The molecule has 0 bridgehead atoms. The van der Waals surface area contributed by atoms with E-state index in [-0.39, 0.29) is 52.9 Å². The van der Waals surface area contributed by atoms with Crippen LogP contribution in [0.3, 0.4) is 0 Å². The summed E-state index contributed by atoms with van der Waals surface area (Å²) in [6.07, 6.45) is 0.652. The molecule has 0 aromatic carbocycles. The van der Waals surface area contributed by atoms with Crippen molar-refractivity contribution in [2.75, 3.05) is 6.61 Å². The van der Waals surface area contributed by atoms with E-state index in [1.807, 2.05) is 6.92 Å². The summed E-state index contributed by atoms with van der Waals surface area (Å²) in [7, 11) is 0. The number of carbonyl (C=O) groups is 1. The van der Waals surface area contributed by atoms with Gasteiger partial charge in [0.2, 0.25) is 0 Å². The predicted molar refractivity (Wildman–Crippen MR) is 170 cm³/mol. The highest BCUT2D eigenvalue weighted by molar-refractivity contribution is 5.66. The topological polar surface area (TPSA) is 137 Å². The van der Waals surface area contributed by atoms with Gasteiger partial charge >= 0.3 is 5.97 Å². The third kappa shape index (κ3) is 6.09. The molecule has 13 atom stereocenters. The van der Waals surface area contributed by atoms with E-state index in [1.165, 1.54) is 0 Å². The van der Waals surface area contributed by atoms with E-state index in [9.17, 15) is 30.3 Å². The normalized spacial score (nSPS) is 45.3. The first kappa shape index (κ1) is 35.6. The molecule has 0 spiro atoms. The Balaban J connectivity index is 1.78. The molecule has 5 N–H and O–H groups in total. The van der Waals surface area contributed by atoms with Crippen molar-refractivity contribution in [1.82, 2.24) is 0 Å². The highest BCUT2D eigenvalue weighted by Crippen LogP contribution is 2.74. The van der Waals surface area contributed by atoms with Crippen LogP contribution in [0, 0.1) is 45.8 Å². The molecule has 1 saturated heterocycles. The summed E-state index contributed by atoms with van der Waals surface area (Å²) in [5.74, 6) is -0.346. The van der Waals surface area contributed by atoms with E-state index in [1.54, 1.807) is 0 Å². The van der Waals surface area contributed by atoms with Crippen molar-refractivity contribution >= 4 is 5.97 Å². The Morgan fingerprint density at radius 1 is 1.05 bits per heavy atom. The van der Waals surface area contributed by atoms with Gasteiger partial charge in [-0.05, 0) is 111 Å². The summed E-state index contributed by atoms with van der Waals surface area (Å²) in [5.41, 5.74) is 0.481. The molecule has 4 aliphatic rings. The third-order valence-electron chi connectivity index (χ3n) is 13.4. The lowest BCUT2D eigenvalue weighted by molar-refractivity contribution is -0.312. The first-order chi connectivity index (χ1) is 20.3. The second-order valence-electron chi connectivity index (χ2n) is 16.2. The van der Waals surface area contributed by atoms with Crippen molar-refractivity contribution in [2.24, 2.45) is 45.8 Å². The van der Waals surface area contributed by atoms with Gasteiger partial charge in [-0.3, -0.25) is 4.79 Å². The van der Waals surface area contributed by atoms with Crippen molar-refractivity contribution in [1.29, 1.82) is 0 Å². The van der Waals surface area contributed by atoms with Crippen LogP contribution in [0.2, 0.25) is 0 Å². The Morgan fingerprint density at radius 3 is 2.27 bits per heavy atom. The van der Waals surface area contributed by atoms with Gasteiger partial charge in [-0.1, -0.05) is 58.9 Å². The van der Waals surface area contributed by atoms with E-state index in [0.29, 0.717) is 25.2 Å². The fourth-order valence-electron chi connectivity index (χ4n) is 10.4. The molecule has 3 aliphatic carbocycles. The fourth-order valence-corrected chi connectivity index (χ4v) is 10.4. The van der Waals surface area contributed by atoms with E-state index >= 15 is 0 Å². The van der Waals surface area contributed by atoms with E-state index in [2.05, 4.69) is 54.7 Å². The van der Waals surface area contributed by atoms with Crippen molar-refractivity contribution in [3.05, 3.63) is 24.3 Å². The summed E-state index contributed by atoms with van der Waals surface area (Å²) >= 11 is 0. The molecule has 252 valence electrons. The number of carboxylic acid groups (broad SMARTS) is 1. The Kier molecular flexibility index (Phi) is 10.3. The summed E-state index contributed by atoms with van der Waals surface area (Å²) in [5, 5.41) is 53.4. The third-order valence-corrected chi connectivity index (χ3v) is 13.4. The molecule has 0 unspecified atom stereocenters. The molecule has 8 heteroatoms. The number of aliphatic carboxylic acids is 1. The first-order valence-electron chi connectivity index (χ1n) is 16.9. The standard InChI is InChI=1S/C36H60O8/c1-20(2)22(5)10-17-36(9,42)24-12-16-35(8)29(24)26(44-32-31(41)30(40)25(37)19-43-32)18-27-33(6,14-13-28(38)39)23(21(3)4)11-15-34(27,35)7/h20,23-27,29-32,37,40-42H,3,5,10-19H2,1-2,4,6-9H3,(H,38,39)/t23-,24-,25-,26+,27+,29-,30-,31+,32-,33-,34+,35+,36-/m0/s1. The molecule has 1 aliphatic heterocycles. The molecule has 0 aromatic heterocycles. The summed E-state index contributed by atoms with van der Waals surface area (Å²) in [6, 6.07) is 0. The SMILES string of the molecule is C=C(CC[C@](C)(O)[C@H]1CC[C@]2(C)[C@@H]1[C@H](O[C@@H]1OC[C@H](O)[C@H](O)[C@H]1O)C[C@@H]1[C@@](C)(CCC(=O)O)[C@H](C(=C)C)CC[C@]12C)C(C)C. The van der Waals surface area contributed by atoms with E-state index in [0.717, 1.165) is 43.3 Å². The predicted octanol–water partition coefficient (Wildman–Crippen LogP) is 5.47. The van der Waals surface area contributed by atoms with Gasteiger partial charge in [0, 0.05) is 6.42 Å². The largest absolute Gasteiger partial charge is 0.481 e. The maximum atomic E-state index is 12.2. The minimum absolute atomic E-state index is 0.0593. The van der Waals surface area contributed by atoms with Crippen LogP contribution in [-0.2, 0) is 14.3 Å². The van der Waals surface area contributed by atoms with Crippen molar-refractivity contribution < 1.29 is 39.8 Å². The zero-order valence-electron chi connectivity index (χ0n) is 28.2. The Bertz CT molecular complexity index is 1090. The Morgan fingerprint density at radius 2 is 1.68 bits per heavy atom. The average molecular weight is 621 g/mol. The molecule has 0 radical (unpaired) electrons. The molecule has 8 nitrogen and oxygen atoms in total. The molecule has 44 heavy (non-hydrogen) atoms. The number of hydrogen-bond acceptors (Lipinski definition) is 7. The lowest BCUT2D eigenvalue weighted by atomic mass is 9.37. The second-order valence-corrected chi connectivity index (χ2v) is 16.2. The van der Waals surface area contributed by atoms with Crippen LogP contribution in [0.15, 0.2) is 24.3 Å². The smallest absolute Gasteiger partial charge is 0.303 e. The first-order valence-corrected chi connectivity index (χ1v) is 16.9. The van der Waals surface area contributed by atoms with Gasteiger partial charge in [0.1, 0.15) is 18.3 Å². The highest BCUT2D eigenvalue weighted by atomic mass is 16.7. The van der Waals surface area contributed by atoms with Gasteiger partial charge in [-0.2, -0.15) is 0 Å². The number of ether oxygens (including phenoxy) is 2. The molecule has 0 amide bonds. The van der Waals surface area contributed by atoms with Gasteiger partial charge in [-0.25, -0.2) is 0 Å². The lowest BCUT2D eigenvalue weighted by Gasteiger charge is -2.68. The van der Waals surface area contributed by atoms with Crippen LogP contribution in [0.4, 0.5) is 0 Å². The maximum Gasteiger partial charge on any atom is 0.303 e. The number of allylic oxidation sites excluding steroid dienone is 2. The molecular weight excluding hydrogens is 560 g/mol. The summed E-state index contributed by atoms with van der Waals surface area (Å²) in [4.78, 5) is 11.9. The zero-order valence-corrected chi connectivity index (χ0v) is 28.2. The number of aliphatic hydroxyl groups excluding tert-OH is 3. The summed E-state index contributed by atoms with van der Waals surface area (Å²) < 4.78 is 12.5. The highest BCUT2D eigenvalue weighted by Gasteiger charge is 2.70. The maximum absolute atomic E-state index is 12.2. The number of aliphatic hydroxyl groups is 4. The average Bonchev–Trinajstić information content (AvgIpc) is 3.32. The van der Waals surface area contributed by atoms with Crippen LogP contribution < -0.4 is 0 Å². The minimum Gasteiger partial charge on any atom is -0.481 e. The van der Waals surface area contributed by atoms with Gasteiger partial charge in [0.05, 0.1) is 18.3 Å². The number of rotatable bonds is 11. The Hall–Kier alpha value is -1.29. The van der Waals surface area contributed by atoms with E-state index < -0.39 is 42.3 Å². The van der Waals surface area contributed by atoms with Gasteiger partial charge in [0.25, 0.3) is 0 Å². The molecule has 4 rings (SSSR count). The Labute approximate surface area is 264 Å². The van der Waals surface area contributed by atoms with Crippen LogP contribution in [0.5, 0.6) is 0 Å². The molecule has 4 fully saturated rings. The van der Waals surface area contributed by atoms with Gasteiger partial charge < -0.3 is 35.0 Å². The number of hydrogen-bond donors (Lipinski definition) is 5. The minimum atomic E-state index is -1.42. The van der Waals surface area contributed by atoms with Crippen LogP contribution in [-0.4, -0.2) is 74.4 Å². The van der Waals surface area contributed by atoms with Crippen LogP contribution in [0.25, 0.3) is 0 Å². The molecule has 3 saturated carbocycles. The zero-order chi connectivity index (χ0) is 33.0. The van der Waals surface area contributed by atoms with Gasteiger partial charge in [-0.15, -0.1) is 0 Å². The van der Waals surface area contributed by atoms with Crippen molar-refractivity contribution in [2.45, 2.75) is 143 Å². The van der Waals surface area contributed by atoms with Crippen LogP contribution >= 0.6 is 0 Å². The fraction of sp³-hybridized carbons (Fsp3) is 0.861. The molecular formula is C36H60O8.